The summed E-state index contributed by atoms with van der Waals surface area (Å²) in [5.74, 6) is 1.64. The molecule has 0 spiro atoms. The molecule has 1 aromatic carbocycles. The Morgan fingerprint density at radius 3 is 3.00 bits per heavy atom. The first kappa shape index (κ1) is 15.4. The molecule has 2 aliphatic heterocycles. The highest BCUT2D eigenvalue weighted by Crippen LogP contribution is 2.30. The molecule has 2 aliphatic rings. The van der Waals surface area contributed by atoms with Crippen LogP contribution in [0.15, 0.2) is 29.1 Å². The van der Waals surface area contributed by atoms with Crippen LogP contribution in [-0.2, 0) is 13.1 Å². The van der Waals surface area contributed by atoms with E-state index in [-0.39, 0.29) is 12.2 Å². The van der Waals surface area contributed by atoms with Gasteiger partial charge in [-0.15, -0.1) is 0 Å². The normalized spacial score (nSPS) is 19.1. The van der Waals surface area contributed by atoms with Gasteiger partial charge in [0.2, 0.25) is 0 Å². The molecule has 1 N–H and O–H groups in total. The zero-order valence-electron chi connectivity index (χ0n) is 12.8. The van der Waals surface area contributed by atoms with Crippen molar-refractivity contribution in [3.63, 3.8) is 0 Å². The summed E-state index contributed by atoms with van der Waals surface area (Å²) in [5.41, 5.74) is 0.309. The van der Waals surface area contributed by atoms with Gasteiger partial charge in [0, 0.05) is 30.7 Å². The van der Waals surface area contributed by atoms with Crippen molar-refractivity contribution in [1.82, 2.24) is 9.55 Å². The summed E-state index contributed by atoms with van der Waals surface area (Å²) >= 11 is 1.90. The lowest BCUT2D eigenvalue weighted by Crippen LogP contribution is -2.39. The highest BCUT2D eigenvalue weighted by Gasteiger charge is 2.32. The molecule has 1 aromatic heterocycles. The summed E-state index contributed by atoms with van der Waals surface area (Å²) in [6.45, 7) is 1.87. The van der Waals surface area contributed by atoms with Crippen LogP contribution in [0.4, 0.5) is 20.4 Å². The summed E-state index contributed by atoms with van der Waals surface area (Å²) in [6.07, 6.45) is 0. The van der Waals surface area contributed by atoms with Crippen LogP contribution in [0.3, 0.4) is 0 Å². The van der Waals surface area contributed by atoms with Crippen LogP contribution < -0.4 is 15.9 Å². The molecule has 8 heteroatoms. The number of benzene rings is 1. The van der Waals surface area contributed by atoms with E-state index in [9.17, 15) is 13.6 Å². The molecule has 0 saturated carbocycles. The Bertz CT molecular complexity index is 841. The van der Waals surface area contributed by atoms with E-state index in [0.29, 0.717) is 24.0 Å². The molecule has 1 unspecified atom stereocenters. The third-order valence-electron chi connectivity index (χ3n) is 4.36. The number of fused-ring (bicyclic) bond motifs is 3. The molecule has 0 bridgehead atoms. The second-order valence-electron chi connectivity index (χ2n) is 5.92. The van der Waals surface area contributed by atoms with Crippen LogP contribution in [0.5, 0.6) is 0 Å². The monoisotopic (exact) mass is 350 g/mol. The minimum Gasteiger partial charge on any atom is -0.366 e. The summed E-state index contributed by atoms with van der Waals surface area (Å²) in [5, 5.41) is 3.03. The molecular formula is C16H16F2N4OS. The van der Waals surface area contributed by atoms with E-state index in [1.165, 1.54) is 6.07 Å². The van der Waals surface area contributed by atoms with Gasteiger partial charge in [0.25, 0.3) is 0 Å². The second-order valence-corrected chi connectivity index (χ2v) is 7.07. The minimum atomic E-state index is -0.884. The van der Waals surface area contributed by atoms with E-state index < -0.39 is 11.6 Å². The lowest BCUT2D eigenvalue weighted by atomic mass is 10.2. The molecule has 24 heavy (non-hydrogen) atoms. The predicted octanol–water partition coefficient (Wildman–Crippen LogP) is 2.07. The van der Waals surface area contributed by atoms with Gasteiger partial charge >= 0.3 is 5.69 Å². The summed E-state index contributed by atoms with van der Waals surface area (Å²) < 4.78 is 27.9. The number of nitrogens with one attached hydrogen (secondary N) is 1. The van der Waals surface area contributed by atoms with Crippen molar-refractivity contribution in [3.05, 3.63) is 51.9 Å². The van der Waals surface area contributed by atoms with Gasteiger partial charge in [0.05, 0.1) is 12.6 Å². The number of halogens is 2. The Balaban J connectivity index is 1.56. The van der Waals surface area contributed by atoms with Gasteiger partial charge in [-0.05, 0) is 17.7 Å². The van der Waals surface area contributed by atoms with Crippen molar-refractivity contribution in [2.75, 3.05) is 28.3 Å². The lowest BCUT2D eigenvalue weighted by Gasteiger charge is -2.30. The van der Waals surface area contributed by atoms with E-state index in [1.54, 1.807) is 4.57 Å². The highest BCUT2D eigenvalue weighted by atomic mass is 32.2. The van der Waals surface area contributed by atoms with Crippen LogP contribution in [0.1, 0.15) is 5.56 Å². The van der Waals surface area contributed by atoms with Crippen LogP contribution in [0.2, 0.25) is 0 Å². The number of thioether (sulfide) groups is 1. The molecule has 0 amide bonds. The van der Waals surface area contributed by atoms with E-state index in [2.05, 4.69) is 15.2 Å². The van der Waals surface area contributed by atoms with E-state index in [4.69, 9.17) is 0 Å². The van der Waals surface area contributed by atoms with Crippen LogP contribution in [0, 0.1) is 11.6 Å². The zero-order valence-corrected chi connectivity index (χ0v) is 13.7. The SMILES string of the molecule is O=c1nc(NCc2ccc(F)c(F)c2)cc2n1CC1CSCCN21. The average molecular weight is 350 g/mol. The summed E-state index contributed by atoms with van der Waals surface area (Å²) in [6, 6.07) is 5.94. The molecule has 3 heterocycles. The van der Waals surface area contributed by atoms with Gasteiger partial charge in [-0.2, -0.15) is 16.7 Å². The average Bonchev–Trinajstić information content (AvgIpc) is 2.95. The van der Waals surface area contributed by atoms with Crippen LogP contribution in [0.25, 0.3) is 0 Å². The molecule has 1 fully saturated rings. The number of aromatic nitrogens is 2. The number of hydrogen-bond donors (Lipinski definition) is 1. The predicted molar refractivity (Wildman–Crippen MR) is 90.6 cm³/mol. The third-order valence-corrected chi connectivity index (χ3v) is 5.45. The zero-order chi connectivity index (χ0) is 16.7. The quantitative estimate of drug-likeness (QED) is 0.918. The fourth-order valence-electron chi connectivity index (χ4n) is 3.15. The number of rotatable bonds is 3. The van der Waals surface area contributed by atoms with E-state index in [1.807, 2.05) is 17.8 Å². The van der Waals surface area contributed by atoms with E-state index >= 15 is 0 Å². The number of anilines is 2. The largest absolute Gasteiger partial charge is 0.366 e. The Morgan fingerprint density at radius 1 is 1.29 bits per heavy atom. The Kier molecular flexibility index (Phi) is 3.91. The topological polar surface area (TPSA) is 50.2 Å². The molecule has 4 rings (SSSR count). The molecule has 2 aromatic rings. The van der Waals surface area contributed by atoms with Gasteiger partial charge in [0.1, 0.15) is 11.6 Å². The third kappa shape index (κ3) is 2.75. The molecule has 5 nitrogen and oxygen atoms in total. The minimum absolute atomic E-state index is 0.270. The van der Waals surface area contributed by atoms with Crippen LogP contribution in [-0.4, -0.2) is 33.6 Å². The second kappa shape index (κ2) is 6.08. The first-order valence-electron chi connectivity index (χ1n) is 7.76. The maximum atomic E-state index is 13.3. The van der Waals surface area contributed by atoms with Gasteiger partial charge in [-0.3, -0.25) is 4.57 Å². The van der Waals surface area contributed by atoms with Crippen molar-refractivity contribution in [3.8, 4) is 0 Å². The van der Waals surface area contributed by atoms with Crippen molar-refractivity contribution in [1.29, 1.82) is 0 Å². The highest BCUT2D eigenvalue weighted by molar-refractivity contribution is 7.99. The Morgan fingerprint density at radius 2 is 2.17 bits per heavy atom. The Labute approximate surface area is 141 Å². The first-order valence-corrected chi connectivity index (χ1v) is 8.91. The fraction of sp³-hybridized carbons (Fsp3) is 0.375. The van der Waals surface area contributed by atoms with Gasteiger partial charge in [-0.25, -0.2) is 13.6 Å². The van der Waals surface area contributed by atoms with Crippen molar-refractivity contribution in [2.45, 2.75) is 19.1 Å². The Hall–Kier alpha value is -2.09. The lowest BCUT2D eigenvalue weighted by molar-refractivity contribution is 0.507. The molecule has 0 aliphatic carbocycles. The molecule has 1 saturated heterocycles. The molecule has 126 valence electrons. The van der Waals surface area contributed by atoms with Gasteiger partial charge < -0.3 is 10.2 Å². The molecule has 0 radical (unpaired) electrons. The number of nitrogens with zero attached hydrogens (tertiary/aromatic N) is 3. The summed E-state index contributed by atoms with van der Waals surface area (Å²) in [7, 11) is 0. The van der Waals surface area contributed by atoms with Crippen molar-refractivity contribution >= 4 is 23.4 Å². The summed E-state index contributed by atoms with van der Waals surface area (Å²) in [4.78, 5) is 18.6. The van der Waals surface area contributed by atoms with E-state index in [0.717, 1.165) is 36.0 Å². The molecular weight excluding hydrogens is 334 g/mol. The fourth-order valence-corrected chi connectivity index (χ4v) is 4.20. The van der Waals surface area contributed by atoms with Gasteiger partial charge in [0.15, 0.2) is 11.6 Å². The van der Waals surface area contributed by atoms with Gasteiger partial charge in [-0.1, -0.05) is 6.07 Å². The van der Waals surface area contributed by atoms with Crippen molar-refractivity contribution in [2.24, 2.45) is 0 Å². The van der Waals surface area contributed by atoms with Crippen molar-refractivity contribution < 1.29 is 8.78 Å². The first-order chi connectivity index (χ1) is 11.6. The maximum absolute atomic E-state index is 13.3. The molecule has 1 atom stereocenters. The standard InChI is InChI=1S/C16H16F2N4OS/c17-12-2-1-10(5-13(12)18)7-19-14-6-15-21-3-4-24-9-11(21)8-22(15)16(23)20-14/h1-2,5-6,11H,3-4,7-9H2,(H,19,20,23). The van der Waals surface area contributed by atoms with Crippen LogP contribution >= 0.6 is 11.8 Å². The number of hydrogen-bond acceptors (Lipinski definition) is 5. The smallest absolute Gasteiger partial charge is 0.351 e. The maximum Gasteiger partial charge on any atom is 0.351 e.